The highest BCUT2D eigenvalue weighted by Gasteiger charge is 2.12. The maximum atomic E-state index is 8.76. The van der Waals surface area contributed by atoms with Gasteiger partial charge in [-0.05, 0) is 6.42 Å². The van der Waals surface area contributed by atoms with Crippen LogP contribution in [0, 0.1) is 11.3 Å². The molecule has 1 N–H and O–H groups in total. The molecule has 12 heavy (non-hydrogen) atoms. The van der Waals surface area contributed by atoms with Crippen molar-refractivity contribution in [3.63, 3.8) is 0 Å². The summed E-state index contributed by atoms with van der Waals surface area (Å²) in [5, 5.41) is 8.76. The summed E-state index contributed by atoms with van der Waals surface area (Å²) in [5.74, 6) is 1.14. The Hall–Kier alpha value is -1.14. The maximum Gasteiger partial charge on any atom is 0.101 e. The average molecular weight is 176 g/mol. The molecule has 0 aromatic carbocycles. The predicted molar refractivity (Wildman–Crippen MR) is 50.6 cm³/mol. The quantitative estimate of drug-likeness (QED) is 0.713. The monoisotopic (exact) mass is 176 g/mol. The Kier molecular flexibility index (Phi) is 1.92. The van der Waals surface area contributed by atoms with Crippen LogP contribution in [0.3, 0.4) is 0 Å². The molecule has 0 saturated heterocycles. The molecule has 0 amide bonds. The van der Waals surface area contributed by atoms with E-state index in [1.54, 1.807) is 6.20 Å². The van der Waals surface area contributed by atoms with Gasteiger partial charge in [0.05, 0.1) is 5.56 Å². The number of thioether (sulfide) groups is 1. The second-order valence-electron chi connectivity index (χ2n) is 2.60. The lowest BCUT2D eigenvalue weighted by molar-refractivity contribution is 1.28. The van der Waals surface area contributed by atoms with Gasteiger partial charge in [0.2, 0.25) is 0 Å². The van der Waals surface area contributed by atoms with Gasteiger partial charge in [-0.25, -0.2) is 0 Å². The molecule has 0 radical (unpaired) electrons. The first-order valence-corrected chi connectivity index (χ1v) is 4.80. The number of nitrogens with zero attached hydrogens (tertiary/aromatic N) is 1. The number of rotatable bonds is 1. The fourth-order valence-corrected chi connectivity index (χ4v) is 2.28. The largest absolute Gasteiger partial charge is 0.366 e. The van der Waals surface area contributed by atoms with Crippen LogP contribution >= 0.6 is 11.8 Å². The fraction of sp³-hybridized carbons (Fsp3) is 0.222. The molecule has 0 fully saturated rings. The third-order valence-electron chi connectivity index (χ3n) is 1.84. The zero-order valence-corrected chi connectivity index (χ0v) is 7.32. The minimum Gasteiger partial charge on any atom is -0.366 e. The number of H-pyrrole nitrogens is 1. The van der Waals surface area contributed by atoms with Crippen LogP contribution in [0.5, 0.6) is 0 Å². The Morgan fingerprint density at radius 2 is 2.42 bits per heavy atom. The summed E-state index contributed by atoms with van der Waals surface area (Å²) in [6.07, 6.45) is 6.95. The van der Waals surface area contributed by atoms with Crippen molar-refractivity contribution in [1.82, 2.24) is 4.98 Å². The number of nitriles is 1. The Morgan fingerprint density at radius 1 is 1.50 bits per heavy atom. The van der Waals surface area contributed by atoms with Crippen LogP contribution in [0.1, 0.15) is 17.5 Å². The molecule has 3 heteroatoms. The van der Waals surface area contributed by atoms with Crippen molar-refractivity contribution < 1.29 is 0 Å². The second-order valence-corrected chi connectivity index (χ2v) is 3.74. The SMILES string of the molecule is N#Cc1c[nH]cc1C1=CCCS1. The van der Waals surface area contributed by atoms with Crippen molar-refractivity contribution in [2.45, 2.75) is 6.42 Å². The molecule has 0 atom stereocenters. The van der Waals surface area contributed by atoms with Gasteiger partial charge in [0, 0.05) is 28.6 Å². The lowest BCUT2D eigenvalue weighted by Gasteiger charge is -1.96. The van der Waals surface area contributed by atoms with E-state index in [1.165, 1.54) is 4.91 Å². The lowest BCUT2D eigenvalue weighted by atomic mass is 10.2. The van der Waals surface area contributed by atoms with Crippen LogP contribution in [0.15, 0.2) is 18.5 Å². The maximum absolute atomic E-state index is 8.76. The first-order valence-electron chi connectivity index (χ1n) is 3.82. The molecule has 0 spiro atoms. The van der Waals surface area contributed by atoms with E-state index in [2.05, 4.69) is 17.1 Å². The first-order chi connectivity index (χ1) is 5.92. The number of aromatic amines is 1. The van der Waals surface area contributed by atoms with Crippen molar-refractivity contribution in [2.24, 2.45) is 0 Å². The molecule has 2 rings (SSSR count). The zero-order chi connectivity index (χ0) is 8.39. The number of hydrogen-bond acceptors (Lipinski definition) is 2. The number of nitrogens with one attached hydrogen (secondary N) is 1. The van der Waals surface area contributed by atoms with E-state index >= 15 is 0 Å². The fourth-order valence-electron chi connectivity index (χ4n) is 1.27. The number of hydrogen-bond donors (Lipinski definition) is 1. The number of aromatic nitrogens is 1. The molecule has 0 aliphatic carbocycles. The molecule has 2 heterocycles. The van der Waals surface area contributed by atoms with E-state index in [-0.39, 0.29) is 0 Å². The predicted octanol–water partition coefficient (Wildman–Crippen LogP) is 2.36. The molecule has 1 aliphatic rings. The first kappa shape index (κ1) is 7.51. The van der Waals surface area contributed by atoms with Crippen LogP contribution in [-0.2, 0) is 0 Å². The highest BCUT2D eigenvalue weighted by Crippen LogP contribution is 2.35. The molecular weight excluding hydrogens is 168 g/mol. The Bertz CT molecular complexity index is 357. The summed E-state index contributed by atoms with van der Waals surface area (Å²) >= 11 is 1.82. The van der Waals surface area contributed by atoms with Crippen molar-refractivity contribution in [3.05, 3.63) is 29.6 Å². The standard InChI is InChI=1S/C9H8N2S/c10-4-7-5-11-6-8(7)9-2-1-3-12-9/h2,5-6,11H,1,3H2. The summed E-state index contributed by atoms with van der Waals surface area (Å²) in [7, 11) is 0. The Balaban J connectivity index is 2.40. The minimum absolute atomic E-state index is 0.746. The van der Waals surface area contributed by atoms with E-state index in [0.29, 0.717) is 0 Å². The van der Waals surface area contributed by atoms with Gasteiger partial charge in [-0.1, -0.05) is 6.08 Å². The van der Waals surface area contributed by atoms with Gasteiger partial charge in [-0.3, -0.25) is 0 Å². The summed E-state index contributed by atoms with van der Waals surface area (Å²) in [6, 6.07) is 2.17. The molecule has 2 nitrogen and oxygen atoms in total. The molecule has 0 unspecified atom stereocenters. The van der Waals surface area contributed by atoms with Crippen molar-refractivity contribution in [3.8, 4) is 6.07 Å². The molecule has 0 bridgehead atoms. The Morgan fingerprint density at radius 3 is 3.08 bits per heavy atom. The molecule has 0 saturated carbocycles. The summed E-state index contributed by atoms with van der Waals surface area (Å²) in [5.41, 5.74) is 1.80. The summed E-state index contributed by atoms with van der Waals surface area (Å²) in [6.45, 7) is 0. The van der Waals surface area contributed by atoms with Crippen molar-refractivity contribution >= 4 is 16.7 Å². The van der Waals surface area contributed by atoms with E-state index < -0.39 is 0 Å². The molecule has 1 aromatic rings. The third-order valence-corrected chi connectivity index (χ3v) is 2.97. The van der Waals surface area contributed by atoms with Crippen LogP contribution < -0.4 is 0 Å². The second kappa shape index (κ2) is 3.08. The highest BCUT2D eigenvalue weighted by atomic mass is 32.2. The van der Waals surface area contributed by atoms with Gasteiger partial charge in [0.15, 0.2) is 0 Å². The summed E-state index contributed by atoms with van der Waals surface area (Å²) < 4.78 is 0. The van der Waals surface area contributed by atoms with Crippen LogP contribution in [-0.4, -0.2) is 10.7 Å². The molecule has 60 valence electrons. The molecule has 1 aromatic heterocycles. The van der Waals surface area contributed by atoms with Gasteiger partial charge in [-0.15, -0.1) is 11.8 Å². The highest BCUT2D eigenvalue weighted by molar-refractivity contribution is 8.08. The molecular formula is C9H8N2S. The van der Waals surface area contributed by atoms with E-state index in [0.717, 1.165) is 23.3 Å². The summed E-state index contributed by atoms with van der Waals surface area (Å²) in [4.78, 5) is 4.19. The van der Waals surface area contributed by atoms with Gasteiger partial charge in [-0.2, -0.15) is 5.26 Å². The topological polar surface area (TPSA) is 39.6 Å². The van der Waals surface area contributed by atoms with E-state index in [1.807, 2.05) is 18.0 Å². The minimum atomic E-state index is 0.746. The zero-order valence-electron chi connectivity index (χ0n) is 6.50. The van der Waals surface area contributed by atoms with Gasteiger partial charge >= 0.3 is 0 Å². The van der Waals surface area contributed by atoms with Crippen LogP contribution in [0.2, 0.25) is 0 Å². The lowest BCUT2D eigenvalue weighted by Crippen LogP contribution is -1.76. The van der Waals surface area contributed by atoms with Gasteiger partial charge in [0.1, 0.15) is 6.07 Å². The normalized spacial score (nSPS) is 15.8. The van der Waals surface area contributed by atoms with Crippen molar-refractivity contribution in [1.29, 1.82) is 5.26 Å². The Labute approximate surface area is 75.3 Å². The third kappa shape index (κ3) is 1.15. The van der Waals surface area contributed by atoms with E-state index in [4.69, 9.17) is 5.26 Å². The van der Waals surface area contributed by atoms with Crippen molar-refractivity contribution in [2.75, 3.05) is 5.75 Å². The smallest absolute Gasteiger partial charge is 0.101 e. The van der Waals surface area contributed by atoms with E-state index in [9.17, 15) is 0 Å². The van der Waals surface area contributed by atoms with Crippen LogP contribution in [0.25, 0.3) is 4.91 Å². The number of allylic oxidation sites excluding steroid dienone is 1. The van der Waals surface area contributed by atoms with Gasteiger partial charge < -0.3 is 4.98 Å². The van der Waals surface area contributed by atoms with Gasteiger partial charge in [0.25, 0.3) is 0 Å². The van der Waals surface area contributed by atoms with Crippen LogP contribution in [0.4, 0.5) is 0 Å². The molecule has 1 aliphatic heterocycles. The average Bonchev–Trinajstić information content (AvgIpc) is 2.74.